The van der Waals surface area contributed by atoms with E-state index < -0.39 is 27.3 Å². The van der Waals surface area contributed by atoms with Crippen molar-refractivity contribution in [1.82, 2.24) is 9.62 Å². The van der Waals surface area contributed by atoms with Crippen LogP contribution in [-0.4, -0.2) is 49.3 Å². The summed E-state index contributed by atoms with van der Waals surface area (Å²) in [6.45, 7) is 3.02. The number of carboxylic acids is 1. The summed E-state index contributed by atoms with van der Waals surface area (Å²) in [5, 5.41) is 11.7. The highest BCUT2D eigenvalue weighted by Crippen LogP contribution is 2.26. The Hall–Kier alpha value is -1.93. The van der Waals surface area contributed by atoms with Crippen LogP contribution in [-0.2, 0) is 14.8 Å². The van der Waals surface area contributed by atoms with E-state index in [1.54, 1.807) is 7.05 Å². The number of sulfonamides is 1. The first-order chi connectivity index (χ1) is 12.6. The van der Waals surface area contributed by atoms with Crippen molar-refractivity contribution in [3.63, 3.8) is 0 Å². The molecule has 0 atom stereocenters. The van der Waals surface area contributed by atoms with Crippen molar-refractivity contribution in [2.24, 2.45) is 5.41 Å². The lowest BCUT2D eigenvalue weighted by Gasteiger charge is -2.30. The van der Waals surface area contributed by atoms with Crippen molar-refractivity contribution >= 4 is 21.9 Å². The lowest BCUT2D eigenvalue weighted by Crippen LogP contribution is -2.39. The van der Waals surface area contributed by atoms with Crippen LogP contribution in [0.2, 0.25) is 0 Å². The highest BCUT2D eigenvalue weighted by molar-refractivity contribution is 7.89. The van der Waals surface area contributed by atoms with E-state index in [1.807, 2.05) is 0 Å². The van der Waals surface area contributed by atoms with E-state index >= 15 is 0 Å². The van der Waals surface area contributed by atoms with Crippen LogP contribution >= 0.6 is 0 Å². The molecule has 1 aliphatic rings. The highest BCUT2D eigenvalue weighted by Gasteiger charge is 2.30. The van der Waals surface area contributed by atoms with Crippen molar-refractivity contribution in [2.75, 3.05) is 13.6 Å². The maximum atomic E-state index is 12.8. The molecule has 1 aromatic rings. The Morgan fingerprint density at radius 3 is 2.22 bits per heavy atom. The van der Waals surface area contributed by atoms with Gasteiger partial charge in [0.2, 0.25) is 10.0 Å². The molecule has 1 aliphatic carbocycles. The minimum atomic E-state index is -3.60. The van der Waals surface area contributed by atoms with Gasteiger partial charge in [-0.3, -0.25) is 9.59 Å². The van der Waals surface area contributed by atoms with Crippen LogP contribution in [0.5, 0.6) is 0 Å². The fourth-order valence-electron chi connectivity index (χ4n) is 3.06. The number of aliphatic carboxylic acids is 1. The molecule has 150 valence electrons. The standard InChI is InChI=1S/C19H28N2O5S/c1-19(2,18(23)24)13-20-17(22)14-9-11-16(12-10-14)27(25,26)21(3)15-7-5-4-6-8-15/h9-12,15H,4-8,13H2,1-3H3,(H,20,22)(H,23,24). The molecule has 0 bridgehead atoms. The summed E-state index contributed by atoms with van der Waals surface area (Å²) in [5.74, 6) is -1.44. The first-order valence-corrected chi connectivity index (χ1v) is 10.6. The number of carboxylic acid groups (broad SMARTS) is 1. The predicted molar refractivity (Wildman–Crippen MR) is 102 cm³/mol. The molecular formula is C19H28N2O5S. The number of carbonyl (C=O) groups is 2. The van der Waals surface area contributed by atoms with E-state index in [0.29, 0.717) is 0 Å². The number of hydrogen-bond acceptors (Lipinski definition) is 4. The number of nitrogens with one attached hydrogen (secondary N) is 1. The maximum absolute atomic E-state index is 12.8. The van der Waals surface area contributed by atoms with Crippen LogP contribution in [0.3, 0.4) is 0 Å². The fraction of sp³-hybridized carbons (Fsp3) is 0.579. The van der Waals surface area contributed by atoms with Crippen LogP contribution in [0, 0.1) is 5.41 Å². The molecule has 27 heavy (non-hydrogen) atoms. The third-order valence-electron chi connectivity index (χ3n) is 5.15. The summed E-state index contributed by atoms with van der Waals surface area (Å²) in [7, 11) is -1.99. The minimum Gasteiger partial charge on any atom is -0.481 e. The molecule has 2 rings (SSSR count). The second-order valence-electron chi connectivity index (χ2n) is 7.71. The normalized spacial score (nSPS) is 16.3. The number of nitrogens with zero attached hydrogens (tertiary/aromatic N) is 1. The molecular weight excluding hydrogens is 368 g/mol. The zero-order valence-electron chi connectivity index (χ0n) is 16.1. The zero-order chi connectivity index (χ0) is 20.2. The van der Waals surface area contributed by atoms with E-state index in [4.69, 9.17) is 5.11 Å². The van der Waals surface area contributed by atoms with Gasteiger partial charge >= 0.3 is 5.97 Å². The summed E-state index contributed by atoms with van der Waals surface area (Å²) >= 11 is 0. The van der Waals surface area contributed by atoms with Gasteiger partial charge in [0.15, 0.2) is 0 Å². The Balaban J connectivity index is 2.07. The summed E-state index contributed by atoms with van der Waals surface area (Å²) < 4.78 is 27.1. The highest BCUT2D eigenvalue weighted by atomic mass is 32.2. The maximum Gasteiger partial charge on any atom is 0.310 e. The number of benzene rings is 1. The molecule has 2 N–H and O–H groups in total. The molecule has 0 saturated heterocycles. The molecule has 0 heterocycles. The second kappa shape index (κ2) is 8.39. The van der Waals surface area contributed by atoms with Crippen LogP contribution in [0.25, 0.3) is 0 Å². The van der Waals surface area contributed by atoms with E-state index in [9.17, 15) is 18.0 Å². The summed E-state index contributed by atoms with van der Waals surface area (Å²) in [6.07, 6.45) is 4.96. The Kier molecular flexibility index (Phi) is 6.64. The molecule has 7 nitrogen and oxygen atoms in total. The van der Waals surface area contributed by atoms with Gasteiger partial charge in [0.25, 0.3) is 5.91 Å². The quantitative estimate of drug-likeness (QED) is 0.737. The van der Waals surface area contributed by atoms with Gasteiger partial charge in [0.1, 0.15) is 0 Å². The molecule has 0 spiro atoms. The van der Waals surface area contributed by atoms with Gasteiger partial charge in [-0.2, -0.15) is 4.31 Å². The third kappa shape index (κ3) is 5.07. The number of carbonyl (C=O) groups excluding carboxylic acids is 1. The Morgan fingerprint density at radius 1 is 1.15 bits per heavy atom. The van der Waals surface area contributed by atoms with Crippen LogP contribution in [0.15, 0.2) is 29.2 Å². The molecule has 1 amide bonds. The van der Waals surface area contributed by atoms with E-state index in [2.05, 4.69) is 5.32 Å². The Morgan fingerprint density at radius 2 is 1.70 bits per heavy atom. The molecule has 1 aromatic carbocycles. The van der Waals surface area contributed by atoms with E-state index in [1.165, 1.54) is 42.4 Å². The smallest absolute Gasteiger partial charge is 0.310 e. The van der Waals surface area contributed by atoms with Crippen molar-refractivity contribution < 1.29 is 23.1 Å². The van der Waals surface area contributed by atoms with Gasteiger partial charge in [0, 0.05) is 25.2 Å². The van der Waals surface area contributed by atoms with Gasteiger partial charge in [-0.1, -0.05) is 19.3 Å². The second-order valence-corrected chi connectivity index (χ2v) is 9.71. The lowest BCUT2D eigenvalue weighted by atomic mass is 9.94. The van der Waals surface area contributed by atoms with Crippen molar-refractivity contribution in [3.8, 4) is 0 Å². The Bertz CT molecular complexity index is 781. The van der Waals surface area contributed by atoms with Crippen molar-refractivity contribution in [1.29, 1.82) is 0 Å². The van der Waals surface area contributed by atoms with Crippen molar-refractivity contribution in [2.45, 2.75) is 56.9 Å². The SMILES string of the molecule is CN(C1CCCCC1)S(=O)(=O)c1ccc(C(=O)NCC(C)(C)C(=O)O)cc1. The topological polar surface area (TPSA) is 104 Å². The van der Waals surface area contributed by atoms with E-state index in [-0.39, 0.29) is 23.0 Å². The minimum absolute atomic E-state index is 0.0185. The van der Waals surface area contributed by atoms with E-state index in [0.717, 1.165) is 32.1 Å². The van der Waals surface area contributed by atoms with Crippen molar-refractivity contribution in [3.05, 3.63) is 29.8 Å². The zero-order valence-corrected chi connectivity index (χ0v) is 16.9. The first-order valence-electron chi connectivity index (χ1n) is 9.15. The van der Waals surface area contributed by atoms with Gasteiger partial charge < -0.3 is 10.4 Å². The van der Waals surface area contributed by atoms with Crippen LogP contribution in [0.4, 0.5) is 0 Å². The van der Waals surface area contributed by atoms with Gasteiger partial charge in [-0.25, -0.2) is 8.42 Å². The Labute approximate surface area is 160 Å². The lowest BCUT2D eigenvalue weighted by molar-refractivity contribution is -0.146. The molecule has 1 fully saturated rings. The average molecular weight is 397 g/mol. The largest absolute Gasteiger partial charge is 0.481 e. The number of rotatable bonds is 7. The number of amides is 1. The number of hydrogen-bond donors (Lipinski definition) is 2. The summed E-state index contributed by atoms with van der Waals surface area (Å²) in [4.78, 5) is 23.4. The van der Waals surface area contributed by atoms with Gasteiger partial charge in [-0.05, 0) is 51.0 Å². The molecule has 0 radical (unpaired) electrons. The summed E-state index contributed by atoms with van der Waals surface area (Å²) in [5.41, 5.74) is -0.794. The van der Waals surface area contributed by atoms with Crippen LogP contribution in [0.1, 0.15) is 56.3 Å². The first kappa shape index (κ1) is 21.4. The average Bonchev–Trinajstić information content (AvgIpc) is 2.66. The molecule has 0 aliphatic heterocycles. The predicted octanol–water partition coefficient (Wildman–Crippen LogP) is 2.48. The summed E-state index contributed by atoms with van der Waals surface area (Å²) in [6, 6.07) is 5.76. The third-order valence-corrected chi connectivity index (χ3v) is 7.08. The molecule has 1 saturated carbocycles. The molecule has 0 unspecified atom stereocenters. The molecule has 0 aromatic heterocycles. The fourth-order valence-corrected chi connectivity index (χ4v) is 4.48. The monoisotopic (exact) mass is 396 g/mol. The van der Waals surface area contributed by atoms with Crippen LogP contribution < -0.4 is 5.32 Å². The van der Waals surface area contributed by atoms with Gasteiger partial charge in [-0.15, -0.1) is 0 Å². The molecule has 8 heteroatoms. The van der Waals surface area contributed by atoms with Gasteiger partial charge in [0.05, 0.1) is 10.3 Å².